The van der Waals surface area contributed by atoms with Crippen molar-refractivity contribution < 1.29 is 19.4 Å². The summed E-state index contributed by atoms with van der Waals surface area (Å²) >= 11 is 0. The Morgan fingerprint density at radius 3 is 2.57 bits per heavy atom. The number of methoxy groups -OCH3 is 2. The van der Waals surface area contributed by atoms with E-state index >= 15 is 0 Å². The lowest BCUT2D eigenvalue weighted by atomic mass is 9.94. The zero-order valence-electron chi connectivity index (χ0n) is 13.6. The largest absolute Gasteiger partial charge is 0.496 e. The molecule has 7 heteroatoms. The van der Waals surface area contributed by atoms with Crippen molar-refractivity contribution in [1.29, 1.82) is 0 Å². The predicted octanol–water partition coefficient (Wildman–Crippen LogP) is 0.617. The molecule has 0 bridgehead atoms. The number of nitrogens with one attached hydrogen (secondary N) is 3. The van der Waals surface area contributed by atoms with Gasteiger partial charge in [-0.2, -0.15) is 0 Å². The highest BCUT2D eigenvalue weighted by atomic mass is 16.5. The molecule has 2 rings (SSSR count). The van der Waals surface area contributed by atoms with E-state index in [0.29, 0.717) is 24.5 Å². The van der Waals surface area contributed by atoms with Gasteiger partial charge in [0, 0.05) is 13.1 Å². The van der Waals surface area contributed by atoms with Gasteiger partial charge in [-0.25, -0.2) is 4.79 Å². The van der Waals surface area contributed by atoms with Gasteiger partial charge in [-0.1, -0.05) is 6.07 Å². The molecule has 0 saturated carbocycles. The van der Waals surface area contributed by atoms with E-state index in [4.69, 9.17) is 9.47 Å². The third-order valence-electron chi connectivity index (χ3n) is 3.98. The number of carbonyl (C=O) groups excluding carboxylic acids is 1. The van der Waals surface area contributed by atoms with Gasteiger partial charge in [-0.3, -0.25) is 0 Å². The molecule has 1 aromatic carbocycles. The Bertz CT molecular complexity index is 508. The minimum Gasteiger partial charge on any atom is -0.496 e. The number of aliphatic hydroxyl groups is 1. The number of hydrogen-bond acceptors (Lipinski definition) is 5. The Labute approximate surface area is 136 Å². The molecule has 0 aliphatic carbocycles. The highest BCUT2D eigenvalue weighted by molar-refractivity contribution is 5.74. The van der Waals surface area contributed by atoms with Crippen molar-refractivity contribution in [3.05, 3.63) is 23.8 Å². The van der Waals surface area contributed by atoms with Crippen LogP contribution in [0.5, 0.6) is 11.5 Å². The van der Waals surface area contributed by atoms with Gasteiger partial charge in [-0.05, 0) is 31.5 Å². The van der Waals surface area contributed by atoms with Crippen LogP contribution in [0.1, 0.15) is 18.4 Å². The van der Waals surface area contributed by atoms with Crippen molar-refractivity contribution in [3.63, 3.8) is 0 Å². The van der Waals surface area contributed by atoms with Crippen molar-refractivity contribution in [3.8, 4) is 11.5 Å². The number of rotatable bonds is 6. The smallest absolute Gasteiger partial charge is 0.315 e. The van der Waals surface area contributed by atoms with Gasteiger partial charge < -0.3 is 30.5 Å². The zero-order chi connectivity index (χ0) is 16.7. The molecule has 1 aliphatic heterocycles. The van der Waals surface area contributed by atoms with Gasteiger partial charge in [-0.15, -0.1) is 0 Å². The average Bonchev–Trinajstić information content (AvgIpc) is 2.58. The maximum atomic E-state index is 12.0. The van der Waals surface area contributed by atoms with Gasteiger partial charge >= 0.3 is 6.03 Å². The molecule has 0 aromatic heterocycles. The molecule has 1 aliphatic rings. The topological polar surface area (TPSA) is 91.9 Å². The minimum atomic E-state index is -0.877. The van der Waals surface area contributed by atoms with Crippen molar-refractivity contribution >= 4 is 6.03 Å². The Morgan fingerprint density at radius 1 is 1.30 bits per heavy atom. The molecule has 1 heterocycles. The SMILES string of the molecule is COc1cccc(OC)c1CNC(=O)NC[C@@]1(O)CCCNC1. The van der Waals surface area contributed by atoms with E-state index < -0.39 is 5.60 Å². The number of carbonyl (C=O) groups is 1. The first-order valence-corrected chi connectivity index (χ1v) is 7.72. The molecule has 1 fully saturated rings. The molecule has 2 amide bonds. The van der Waals surface area contributed by atoms with Crippen LogP contribution in [-0.4, -0.2) is 50.6 Å². The summed E-state index contributed by atoms with van der Waals surface area (Å²) in [7, 11) is 3.15. The molecule has 1 saturated heterocycles. The molecule has 0 unspecified atom stereocenters. The lowest BCUT2D eigenvalue weighted by Gasteiger charge is -2.32. The summed E-state index contributed by atoms with van der Waals surface area (Å²) in [5.74, 6) is 1.31. The maximum Gasteiger partial charge on any atom is 0.315 e. The van der Waals surface area contributed by atoms with Crippen LogP contribution in [0.3, 0.4) is 0 Å². The number of piperidine rings is 1. The number of hydrogen-bond donors (Lipinski definition) is 4. The maximum absolute atomic E-state index is 12.0. The van der Waals surface area contributed by atoms with Gasteiger partial charge in [0.2, 0.25) is 0 Å². The molecule has 4 N–H and O–H groups in total. The third-order valence-corrected chi connectivity index (χ3v) is 3.98. The van der Waals surface area contributed by atoms with E-state index in [0.717, 1.165) is 18.5 Å². The van der Waals surface area contributed by atoms with E-state index in [-0.39, 0.29) is 19.1 Å². The van der Waals surface area contributed by atoms with Crippen LogP contribution in [0.25, 0.3) is 0 Å². The second-order valence-electron chi connectivity index (χ2n) is 5.68. The number of ether oxygens (including phenoxy) is 2. The van der Waals surface area contributed by atoms with Crippen molar-refractivity contribution in [2.45, 2.75) is 25.0 Å². The first-order valence-electron chi connectivity index (χ1n) is 7.72. The summed E-state index contributed by atoms with van der Waals surface area (Å²) in [6, 6.07) is 5.12. The van der Waals surface area contributed by atoms with E-state index in [1.54, 1.807) is 14.2 Å². The van der Waals surface area contributed by atoms with Crippen LogP contribution in [0.2, 0.25) is 0 Å². The van der Waals surface area contributed by atoms with E-state index in [2.05, 4.69) is 16.0 Å². The summed E-state index contributed by atoms with van der Waals surface area (Å²) < 4.78 is 10.6. The Balaban J connectivity index is 1.87. The molecular weight excluding hydrogens is 298 g/mol. The van der Waals surface area contributed by atoms with Crippen LogP contribution < -0.4 is 25.4 Å². The Hall–Kier alpha value is -1.99. The molecule has 7 nitrogen and oxygen atoms in total. The fourth-order valence-electron chi connectivity index (χ4n) is 2.68. The fourth-order valence-corrected chi connectivity index (χ4v) is 2.68. The summed E-state index contributed by atoms with van der Waals surface area (Å²) in [5, 5.41) is 18.9. The van der Waals surface area contributed by atoms with Crippen LogP contribution in [0.15, 0.2) is 18.2 Å². The second-order valence-corrected chi connectivity index (χ2v) is 5.68. The summed E-state index contributed by atoms with van der Waals surface area (Å²) in [6.45, 7) is 1.89. The Kier molecular flexibility index (Phi) is 6.06. The van der Waals surface area contributed by atoms with E-state index in [1.807, 2.05) is 18.2 Å². The monoisotopic (exact) mass is 323 g/mol. The van der Waals surface area contributed by atoms with Gasteiger partial charge in [0.1, 0.15) is 11.5 Å². The molecule has 1 atom stereocenters. The quantitative estimate of drug-likeness (QED) is 0.616. The second kappa shape index (κ2) is 8.03. The number of urea groups is 1. The molecule has 1 aromatic rings. The molecule has 0 spiro atoms. The average molecular weight is 323 g/mol. The molecule has 128 valence electrons. The summed E-state index contributed by atoms with van der Waals surface area (Å²) in [5.41, 5.74) is -0.108. The predicted molar refractivity (Wildman–Crippen MR) is 86.8 cm³/mol. The number of amides is 2. The van der Waals surface area contributed by atoms with Crippen LogP contribution in [0, 0.1) is 0 Å². The fraction of sp³-hybridized carbons (Fsp3) is 0.562. The van der Waals surface area contributed by atoms with Crippen LogP contribution in [-0.2, 0) is 6.54 Å². The first-order chi connectivity index (χ1) is 11.1. The number of benzene rings is 1. The third kappa shape index (κ3) is 4.74. The van der Waals surface area contributed by atoms with Crippen molar-refractivity contribution in [2.75, 3.05) is 33.9 Å². The van der Waals surface area contributed by atoms with Crippen LogP contribution >= 0.6 is 0 Å². The van der Waals surface area contributed by atoms with Crippen molar-refractivity contribution in [1.82, 2.24) is 16.0 Å². The van der Waals surface area contributed by atoms with Gasteiger partial charge in [0.05, 0.1) is 31.9 Å². The normalized spacial score (nSPS) is 20.7. The minimum absolute atomic E-state index is 0.217. The van der Waals surface area contributed by atoms with E-state index in [9.17, 15) is 9.90 Å². The molecule has 23 heavy (non-hydrogen) atoms. The molecular formula is C16H25N3O4. The standard InChI is InChI=1S/C16H25N3O4/c1-22-13-5-3-6-14(23-2)12(13)9-18-15(20)19-11-16(21)7-4-8-17-10-16/h3,5-6,17,21H,4,7-11H2,1-2H3,(H2,18,19,20)/t16-/m1/s1. The van der Waals surface area contributed by atoms with Gasteiger partial charge in [0.25, 0.3) is 0 Å². The summed E-state index contributed by atoms with van der Waals surface area (Å²) in [6.07, 6.45) is 1.58. The Morgan fingerprint density at radius 2 is 2.00 bits per heavy atom. The van der Waals surface area contributed by atoms with Crippen molar-refractivity contribution in [2.24, 2.45) is 0 Å². The van der Waals surface area contributed by atoms with Gasteiger partial charge in [0.15, 0.2) is 0 Å². The first kappa shape index (κ1) is 17.4. The van der Waals surface area contributed by atoms with E-state index in [1.165, 1.54) is 0 Å². The lowest BCUT2D eigenvalue weighted by Crippen LogP contribution is -2.54. The highest BCUT2D eigenvalue weighted by Gasteiger charge is 2.29. The van der Waals surface area contributed by atoms with Crippen LogP contribution in [0.4, 0.5) is 4.79 Å². The highest BCUT2D eigenvalue weighted by Crippen LogP contribution is 2.27. The zero-order valence-corrected chi connectivity index (χ0v) is 13.6. The molecule has 0 radical (unpaired) electrons. The number of β-amino-alcohol motifs (C(OH)–C–C–N with tert-alkyl or cyclic N) is 1. The summed E-state index contributed by atoms with van der Waals surface area (Å²) in [4.78, 5) is 12.0. The lowest BCUT2D eigenvalue weighted by molar-refractivity contribution is 0.0194.